The van der Waals surface area contributed by atoms with Gasteiger partial charge in [0.1, 0.15) is 11.6 Å². The second-order valence-corrected chi connectivity index (χ2v) is 6.76. The first-order valence-electron chi connectivity index (χ1n) is 8.07. The lowest BCUT2D eigenvalue weighted by Crippen LogP contribution is -2.31. The molecule has 0 spiro atoms. The topological polar surface area (TPSA) is 66.4 Å². The molecule has 0 aliphatic heterocycles. The van der Waals surface area contributed by atoms with Crippen molar-refractivity contribution < 1.29 is 23.5 Å². The molecule has 0 radical (unpaired) electrons. The van der Waals surface area contributed by atoms with Crippen molar-refractivity contribution in [3.8, 4) is 0 Å². The largest absolute Gasteiger partial charge is 0.481 e. The van der Waals surface area contributed by atoms with Crippen molar-refractivity contribution in [3.63, 3.8) is 0 Å². The Morgan fingerprint density at radius 1 is 1.19 bits per heavy atom. The van der Waals surface area contributed by atoms with Crippen molar-refractivity contribution >= 4 is 23.5 Å². The van der Waals surface area contributed by atoms with E-state index in [0.717, 1.165) is 18.2 Å². The molecule has 0 heterocycles. The van der Waals surface area contributed by atoms with Gasteiger partial charge in [0, 0.05) is 10.9 Å². The molecule has 1 saturated carbocycles. The molecule has 1 aliphatic rings. The van der Waals surface area contributed by atoms with Gasteiger partial charge in [-0.15, -0.1) is 0 Å². The molecular weight excluding hydrogens is 364 g/mol. The summed E-state index contributed by atoms with van der Waals surface area (Å²) in [5, 5.41) is 12.3. The summed E-state index contributed by atoms with van der Waals surface area (Å²) >= 11 is 5.83. The maximum absolute atomic E-state index is 13.8. The minimum atomic E-state index is -1.06. The molecule has 3 atom stereocenters. The van der Waals surface area contributed by atoms with Crippen LogP contribution < -0.4 is 5.32 Å². The lowest BCUT2D eigenvalue weighted by molar-refractivity contribution is -0.137. The number of hydrogen-bond acceptors (Lipinski definition) is 2. The number of carbonyl (C=O) groups excluding carboxylic acids is 1. The van der Waals surface area contributed by atoms with Crippen LogP contribution in [0.25, 0.3) is 0 Å². The van der Waals surface area contributed by atoms with E-state index in [1.54, 1.807) is 24.3 Å². The van der Waals surface area contributed by atoms with Crippen molar-refractivity contribution in [1.29, 1.82) is 0 Å². The molecule has 0 bridgehead atoms. The van der Waals surface area contributed by atoms with Crippen LogP contribution in [-0.4, -0.2) is 17.0 Å². The molecule has 136 valence electrons. The number of amides is 1. The number of carboxylic acid groups (broad SMARTS) is 1. The van der Waals surface area contributed by atoms with Crippen LogP contribution in [0, 0.1) is 17.6 Å². The van der Waals surface area contributed by atoms with Gasteiger partial charge >= 0.3 is 5.97 Å². The number of carbonyl (C=O) groups is 2. The van der Waals surface area contributed by atoms with E-state index in [4.69, 9.17) is 16.7 Å². The van der Waals surface area contributed by atoms with E-state index in [1.807, 2.05) is 0 Å². The second kappa shape index (κ2) is 7.41. The number of carboxylic acids is 1. The van der Waals surface area contributed by atoms with Crippen LogP contribution in [0.3, 0.4) is 0 Å². The van der Waals surface area contributed by atoms with Gasteiger partial charge in [0.05, 0.1) is 12.5 Å². The van der Waals surface area contributed by atoms with Crippen LogP contribution in [0.1, 0.15) is 35.9 Å². The smallest absolute Gasteiger partial charge is 0.305 e. The molecule has 26 heavy (non-hydrogen) atoms. The molecule has 4 nitrogen and oxygen atoms in total. The second-order valence-electron chi connectivity index (χ2n) is 6.33. The summed E-state index contributed by atoms with van der Waals surface area (Å²) in [5.41, 5.74) is 0.783. The summed E-state index contributed by atoms with van der Waals surface area (Å²) in [6, 6.07) is 8.95. The molecule has 2 unspecified atom stereocenters. The third-order valence-electron chi connectivity index (χ3n) is 4.45. The van der Waals surface area contributed by atoms with Gasteiger partial charge in [0.2, 0.25) is 5.91 Å². The van der Waals surface area contributed by atoms with Gasteiger partial charge in [-0.1, -0.05) is 23.7 Å². The predicted octanol–water partition coefficient (Wildman–Crippen LogP) is 4.05. The third-order valence-corrected chi connectivity index (χ3v) is 4.70. The van der Waals surface area contributed by atoms with E-state index in [0.29, 0.717) is 17.0 Å². The first-order chi connectivity index (χ1) is 12.3. The van der Waals surface area contributed by atoms with Crippen molar-refractivity contribution in [3.05, 3.63) is 70.2 Å². The summed E-state index contributed by atoms with van der Waals surface area (Å²) in [7, 11) is 0. The highest BCUT2D eigenvalue weighted by Gasteiger charge is 2.46. The molecule has 1 fully saturated rings. The number of halogens is 3. The van der Waals surface area contributed by atoms with Gasteiger partial charge in [-0.3, -0.25) is 9.59 Å². The summed E-state index contributed by atoms with van der Waals surface area (Å²) in [5.74, 6) is -3.45. The normalized spacial score (nSPS) is 19.7. The molecule has 7 heteroatoms. The molecule has 1 aliphatic carbocycles. The van der Waals surface area contributed by atoms with Crippen LogP contribution in [0.5, 0.6) is 0 Å². The van der Waals surface area contributed by atoms with E-state index in [9.17, 15) is 18.4 Å². The summed E-state index contributed by atoms with van der Waals surface area (Å²) in [4.78, 5) is 23.6. The summed E-state index contributed by atoms with van der Waals surface area (Å²) in [6.07, 6.45) is 0.103. The zero-order chi connectivity index (χ0) is 18.8. The first kappa shape index (κ1) is 18.3. The molecule has 0 aromatic heterocycles. The highest BCUT2D eigenvalue weighted by Crippen LogP contribution is 2.48. The van der Waals surface area contributed by atoms with Gasteiger partial charge in [0.15, 0.2) is 0 Å². The number of hydrogen-bond donors (Lipinski definition) is 2. The number of nitrogens with one attached hydrogen (secondary N) is 1. The Bertz CT molecular complexity index is 841. The molecule has 2 aromatic carbocycles. The Kier molecular flexibility index (Phi) is 5.23. The van der Waals surface area contributed by atoms with Gasteiger partial charge in [-0.2, -0.15) is 0 Å². The quantitative estimate of drug-likeness (QED) is 0.795. The number of benzene rings is 2. The first-order valence-corrected chi connectivity index (χ1v) is 8.45. The molecule has 2 aromatic rings. The Balaban J connectivity index is 1.71. The fourth-order valence-corrected chi connectivity index (χ4v) is 3.15. The standard InChI is InChI=1S/C19H16ClF2NO3/c20-11-3-1-10(2-4-11)17(9-18(24)25)23-19(26)15-8-13(15)14-7-12(21)5-6-16(14)22/h1-7,13,15,17H,8-9H2,(H,23,26)(H,24,25)/t13?,15?,17-/m0/s1. The number of rotatable bonds is 6. The fourth-order valence-electron chi connectivity index (χ4n) is 3.03. The van der Waals surface area contributed by atoms with E-state index in [2.05, 4.69) is 5.32 Å². The Labute approximate surface area is 153 Å². The Morgan fingerprint density at radius 3 is 2.54 bits per heavy atom. The Morgan fingerprint density at radius 2 is 1.88 bits per heavy atom. The lowest BCUT2D eigenvalue weighted by Gasteiger charge is -2.18. The molecular formula is C19H16ClF2NO3. The minimum Gasteiger partial charge on any atom is -0.481 e. The summed E-state index contributed by atoms with van der Waals surface area (Å²) in [6.45, 7) is 0. The van der Waals surface area contributed by atoms with E-state index in [1.165, 1.54) is 0 Å². The van der Waals surface area contributed by atoms with Crippen LogP contribution in [-0.2, 0) is 9.59 Å². The minimum absolute atomic E-state index is 0.173. The fraction of sp³-hybridized carbons (Fsp3) is 0.263. The molecule has 0 saturated heterocycles. The van der Waals surface area contributed by atoms with E-state index < -0.39 is 35.5 Å². The van der Waals surface area contributed by atoms with Gasteiger partial charge in [0.25, 0.3) is 0 Å². The average molecular weight is 380 g/mol. The van der Waals surface area contributed by atoms with Crippen LogP contribution in [0.4, 0.5) is 8.78 Å². The van der Waals surface area contributed by atoms with Crippen LogP contribution >= 0.6 is 11.6 Å². The maximum Gasteiger partial charge on any atom is 0.305 e. The van der Waals surface area contributed by atoms with Gasteiger partial charge < -0.3 is 10.4 Å². The van der Waals surface area contributed by atoms with Crippen molar-refractivity contribution in [2.24, 2.45) is 5.92 Å². The predicted molar refractivity (Wildman–Crippen MR) is 91.8 cm³/mol. The number of aliphatic carboxylic acids is 1. The maximum atomic E-state index is 13.8. The molecule has 2 N–H and O–H groups in total. The average Bonchev–Trinajstić information content (AvgIpc) is 3.37. The highest BCUT2D eigenvalue weighted by atomic mass is 35.5. The van der Waals surface area contributed by atoms with Gasteiger partial charge in [-0.25, -0.2) is 8.78 Å². The van der Waals surface area contributed by atoms with Crippen molar-refractivity contribution in [1.82, 2.24) is 5.32 Å². The van der Waals surface area contributed by atoms with Crippen LogP contribution in [0.15, 0.2) is 42.5 Å². The molecule has 1 amide bonds. The van der Waals surface area contributed by atoms with Crippen molar-refractivity contribution in [2.75, 3.05) is 0 Å². The SMILES string of the molecule is O=C(O)C[C@H](NC(=O)C1CC1c1cc(F)ccc1F)c1ccc(Cl)cc1. The molecule has 3 rings (SSSR count). The lowest BCUT2D eigenvalue weighted by atomic mass is 10.0. The monoisotopic (exact) mass is 379 g/mol. The zero-order valence-electron chi connectivity index (χ0n) is 13.6. The Hall–Kier alpha value is -2.47. The van der Waals surface area contributed by atoms with Crippen LogP contribution in [0.2, 0.25) is 5.02 Å². The van der Waals surface area contributed by atoms with Gasteiger partial charge in [-0.05, 0) is 53.8 Å². The van der Waals surface area contributed by atoms with E-state index in [-0.39, 0.29) is 17.9 Å². The zero-order valence-corrected chi connectivity index (χ0v) is 14.3. The van der Waals surface area contributed by atoms with E-state index >= 15 is 0 Å². The third kappa shape index (κ3) is 4.19. The summed E-state index contributed by atoms with van der Waals surface area (Å²) < 4.78 is 27.2. The van der Waals surface area contributed by atoms with Crippen molar-refractivity contribution in [2.45, 2.75) is 24.8 Å². The highest BCUT2D eigenvalue weighted by molar-refractivity contribution is 6.30.